The zero-order valence-electron chi connectivity index (χ0n) is 52.6. The van der Waals surface area contributed by atoms with E-state index in [1.807, 2.05) is 17.9 Å². The van der Waals surface area contributed by atoms with Crippen LogP contribution in [0.25, 0.3) is 46.1 Å². The van der Waals surface area contributed by atoms with Gasteiger partial charge in [-0.2, -0.15) is 0 Å². The van der Waals surface area contributed by atoms with Crippen molar-refractivity contribution in [1.82, 2.24) is 4.57 Å². The van der Waals surface area contributed by atoms with Gasteiger partial charge in [0.2, 0.25) is 0 Å². The number of hydrogen-bond donors (Lipinski definition) is 0. The van der Waals surface area contributed by atoms with Gasteiger partial charge in [0.1, 0.15) is 0 Å². The summed E-state index contributed by atoms with van der Waals surface area (Å²) >= 11 is 3.59. The predicted molar refractivity (Wildman–Crippen MR) is 375 cm³/mol. The van der Waals surface area contributed by atoms with Gasteiger partial charge in [-0.3, -0.25) is 0 Å². The Balaban J connectivity index is 0.985. The van der Waals surface area contributed by atoms with Crippen molar-refractivity contribution < 1.29 is 45.4 Å². The first-order valence-electron chi connectivity index (χ1n) is 32.3. The van der Waals surface area contributed by atoms with E-state index in [9.17, 15) is 0 Å². The third kappa shape index (κ3) is 16.9. The summed E-state index contributed by atoms with van der Waals surface area (Å²) < 4.78 is 22.3. The van der Waals surface area contributed by atoms with Crippen molar-refractivity contribution in [3.05, 3.63) is 267 Å². The van der Waals surface area contributed by atoms with Crippen molar-refractivity contribution in [3.8, 4) is 8.74 Å². The monoisotopic (exact) mass is 1530 g/mol. The first kappa shape index (κ1) is 66.1. The van der Waals surface area contributed by atoms with E-state index in [1.165, 1.54) is 166 Å². The van der Waals surface area contributed by atoms with Gasteiger partial charge in [0.05, 0.1) is 0 Å². The van der Waals surface area contributed by atoms with Gasteiger partial charge in [-0.05, 0) is 31.4 Å². The van der Waals surface area contributed by atoms with Crippen molar-refractivity contribution in [2.45, 2.75) is 131 Å². The Labute approximate surface area is 547 Å². The summed E-state index contributed by atoms with van der Waals surface area (Å²) in [7, 11) is -2.45. The number of fused-ring (bicyclic) bond motifs is 3. The third-order valence-corrected chi connectivity index (χ3v) is 23.7. The van der Waals surface area contributed by atoms with Crippen LogP contribution in [0.4, 0.5) is 0 Å². The summed E-state index contributed by atoms with van der Waals surface area (Å²) in [6.07, 6.45) is 45.4. The molecule has 0 bridgehead atoms. The molecule has 2 fully saturated rings. The molecule has 3 heterocycles. The average molecular weight is 1530 g/mol. The molecular weight excluding hydrogens is 1440 g/mol. The number of nitrogens with zero attached hydrogens (tertiary/aromatic N) is 1. The van der Waals surface area contributed by atoms with Gasteiger partial charge in [-0.15, -0.1) is 0 Å². The van der Waals surface area contributed by atoms with Gasteiger partial charge >= 0.3 is 378 Å². The average Bonchev–Trinajstić information content (AvgIpc) is 1.49. The summed E-state index contributed by atoms with van der Waals surface area (Å²) in [5.41, 5.74) is 15.7. The van der Waals surface area contributed by atoms with Crippen LogP contribution < -0.4 is 15.9 Å². The second-order valence-corrected chi connectivity index (χ2v) is 28.1. The van der Waals surface area contributed by atoms with Crippen LogP contribution in [-0.2, 0) is 45.4 Å². The molecule has 0 radical (unpaired) electrons. The molecule has 2 saturated heterocycles. The molecule has 1 aromatic heterocycles. The fraction of sp³-hybridized carbons (Fsp3) is 0.293. The van der Waals surface area contributed by atoms with Crippen LogP contribution in [0.15, 0.2) is 245 Å². The molecule has 6 aromatic carbocycles. The summed E-state index contributed by atoms with van der Waals surface area (Å²) in [5, 5.41) is 7.80. The number of rotatable bonds is 28. The predicted octanol–water partition coefficient (Wildman–Crippen LogP) is 21.0. The normalized spacial score (nSPS) is 16.5. The van der Waals surface area contributed by atoms with Crippen LogP contribution in [-0.4, -0.2) is 31.0 Å². The molecule has 0 saturated carbocycles. The van der Waals surface area contributed by atoms with E-state index in [4.69, 9.17) is 9.47 Å². The quantitative estimate of drug-likeness (QED) is 0.0277. The van der Waals surface area contributed by atoms with Gasteiger partial charge in [-0.1, -0.05) is 115 Å². The first-order chi connectivity index (χ1) is 43.3. The SMILES string of the molecule is CC=C1COCC1=CC(/C=C/c1ccc(/C=C/C(C=C2COCC2=C/C=C/c2ccc3c4ccc(/C=C/C)cc4n(C(CCCCCCCC)CCCCCCCC)c3c2)=C(C)[C]#[Os])cc1)=C([C]#[Os])[P+](c1ccccc1)(c1ccccc1)c1ccccc1. The minimum atomic E-state index is -2.45. The molecule has 3 nitrogen and oxygen atoms in total. The maximum absolute atomic E-state index is 6.17. The summed E-state index contributed by atoms with van der Waals surface area (Å²) in [6, 6.07) is 56.8. The summed E-state index contributed by atoms with van der Waals surface area (Å²) in [6.45, 7) is 13.4. The van der Waals surface area contributed by atoms with Crippen molar-refractivity contribution in [1.29, 1.82) is 0 Å². The first-order valence-corrected chi connectivity index (χ1v) is 36.6. The topological polar surface area (TPSA) is 23.4 Å². The molecule has 0 unspecified atom stereocenters. The van der Waals surface area contributed by atoms with E-state index >= 15 is 0 Å². The Morgan fingerprint density at radius 2 is 0.943 bits per heavy atom. The fourth-order valence-corrected chi connectivity index (χ4v) is 18.7. The molecule has 0 spiro atoms. The molecule has 454 valence electrons. The zero-order chi connectivity index (χ0) is 61.3. The van der Waals surface area contributed by atoms with Crippen LogP contribution in [0.1, 0.15) is 153 Å². The number of unbranched alkanes of at least 4 members (excludes halogenated alkanes) is 10. The van der Waals surface area contributed by atoms with Gasteiger partial charge in [0.15, 0.2) is 0 Å². The Kier molecular flexibility index (Phi) is 26.0. The molecule has 9 rings (SSSR count). The van der Waals surface area contributed by atoms with E-state index in [0.29, 0.717) is 32.5 Å². The van der Waals surface area contributed by atoms with Crippen LogP contribution in [0, 0.1) is 8.74 Å². The number of hydrogen-bond acceptors (Lipinski definition) is 2. The molecule has 0 atom stereocenters. The van der Waals surface area contributed by atoms with Crippen molar-refractivity contribution >= 4 is 69.3 Å². The molecule has 0 N–H and O–H groups in total. The van der Waals surface area contributed by atoms with E-state index in [2.05, 4.69) is 273 Å². The Morgan fingerprint density at radius 1 is 0.500 bits per heavy atom. The maximum atomic E-state index is 6.17. The molecule has 0 amide bonds. The van der Waals surface area contributed by atoms with Crippen LogP contribution in [0.2, 0.25) is 0 Å². The van der Waals surface area contributed by atoms with Gasteiger partial charge in [0.25, 0.3) is 0 Å². The molecule has 2 aliphatic rings. The van der Waals surface area contributed by atoms with Crippen molar-refractivity contribution in [2.75, 3.05) is 26.4 Å². The van der Waals surface area contributed by atoms with Crippen LogP contribution in [0.3, 0.4) is 0 Å². The molecule has 0 aliphatic carbocycles. The summed E-state index contributed by atoms with van der Waals surface area (Å²) in [5.74, 6) is 0. The summed E-state index contributed by atoms with van der Waals surface area (Å²) in [4.78, 5) is 0. The number of allylic oxidation sites excluding steroid dienone is 12. The van der Waals surface area contributed by atoms with Gasteiger partial charge < -0.3 is 4.57 Å². The minimum absolute atomic E-state index is 0.471. The number of ether oxygens (including phenoxy) is 2. The van der Waals surface area contributed by atoms with Crippen molar-refractivity contribution in [2.24, 2.45) is 0 Å². The second-order valence-electron chi connectivity index (χ2n) is 23.5. The second kappa shape index (κ2) is 34.6. The Bertz CT molecular complexity index is 3760. The number of aromatic nitrogens is 1. The zero-order valence-corrected chi connectivity index (χ0v) is 58.6. The molecule has 6 heteroatoms. The van der Waals surface area contributed by atoms with E-state index in [1.54, 1.807) is 17.9 Å². The van der Waals surface area contributed by atoms with Crippen LogP contribution in [0.5, 0.6) is 0 Å². The molecule has 88 heavy (non-hydrogen) atoms. The van der Waals surface area contributed by atoms with Crippen molar-refractivity contribution in [3.63, 3.8) is 0 Å². The van der Waals surface area contributed by atoms with E-state index in [-0.39, 0.29) is 0 Å². The van der Waals surface area contributed by atoms with Crippen LogP contribution >= 0.6 is 7.26 Å². The Hall–Kier alpha value is -6.30. The molecule has 7 aromatic rings. The fourth-order valence-electron chi connectivity index (χ4n) is 12.6. The molecular formula is C82H89NO2Os2P+. The van der Waals surface area contributed by atoms with Gasteiger partial charge in [0, 0.05) is 22.3 Å². The van der Waals surface area contributed by atoms with E-state index in [0.717, 1.165) is 27.8 Å². The Morgan fingerprint density at radius 3 is 1.43 bits per heavy atom. The molecule has 2 aliphatic heterocycles. The third-order valence-electron chi connectivity index (χ3n) is 17.3. The van der Waals surface area contributed by atoms with E-state index < -0.39 is 7.26 Å². The number of benzene rings is 6. The standard InChI is InChI=1S/C82H89NO2P.2Os/c1-8-12-14-16-18-23-35-75(36-24-19-17-15-13-9-2)83-81-55-67(32-10-3)49-53-79(81)80-54-50-68(56-82(80)83)33-31-34-72-60-85-62-74(72)57-70(63(5)6)51-47-65-43-45-66(46-44-65)48-52-71(58-73-61-84-59-69(73)11-4)64(7)86(76-37-25-20-26-38-76,77-39-27-21-28-40-77)78-41-29-22-30-42-78;;/h10-11,20-22,25-34,37-58,75H,8-9,12-19,23-24,35-36,59-62H2,1-5H3;;/q+1;;/b32-10+,33-31+,51-47+,52-48+,69-11?,70-63?,71-64?,72-34?,73-58?,74-57?;;. The van der Waals surface area contributed by atoms with Gasteiger partial charge in [-0.25, -0.2) is 0 Å².